The zero-order valence-corrected chi connectivity index (χ0v) is 12.3. The second-order valence-electron chi connectivity index (χ2n) is 5.48. The Morgan fingerprint density at radius 3 is 2.57 bits per heavy atom. The quantitative estimate of drug-likeness (QED) is 0.453. The molecule has 0 amide bonds. The molecule has 1 unspecified atom stereocenters. The van der Waals surface area contributed by atoms with Crippen molar-refractivity contribution in [2.45, 2.75) is 6.04 Å². The zero-order valence-electron chi connectivity index (χ0n) is 12.3. The van der Waals surface area contributed by atoms with Crippen LogP contribution in [0.3, 0.4) is 0 Å². The molecule has 0 bridgehead atoms. The fourth-order valence-corrected chi connectivity index (χ4v) is 3.04. The van der Waals surface area contributed by atoms with Gasteiger partial charge in [0.25, 0.3) is 0 Å². The van der Waals surface area contributed by atoms with Crippen LogP contribution in [0.1, 0.15) is 17.2 Å². The van der Waals surface area contributed by atoms with Crippen LogP contribution in [0.15, 0.2) is 48.7 Å². The van der Waals surface area contributed by atoms with Crippen molar-refractivity contribution in [2.75, 3.05) is 11.5 Å². The predicted molar refractivity (Wildman–Crippen MR) is 92.7 cm³/mol. The van der Waals surface area contributed by atoms with E-state index in [-0.39, 0.29) is 12.0 Å². The number of aromatic amines is 1. The topological polar surface area (TPSA) is 120 Å². The number of nitrogen functional groups attached to an aromatic ring is 2. The average Bonchev–Trinajstić information content (AvgIpc) is 2.97. The lowest BCUT2D eigenvalue weighted by molar-refractivity contribution is 0.889. The molecule has 0 radical (unpaired) electrons. The standard InChI is InChI=1S/C17H16N6/c18-14(11-7-3-5-9-4-1-2-6-10(9)11)12-8-21-16-13(12)15(19)22-17(20)23-16/h1-8,14H,18H2,(H5,19,20,21,22,23). The summed E-state index contributed by atoms with van der Waals surface area (Å²) in [5.41, 5.74) is 20.7. The van der Waals surface area contributed by atoms with Crippen LogP contribution in [0, 0.1) is 0 Å². The highest BCUT2D eigenvalue weighted by Crippen LogP contribution is 2.33. The Hall–Kier alpha value is -3.12. The number of rotatable bonds is 2. The molecule has 23 heavy (non-hydrogen) atoms. The number of nitrogens with one attached hydrogen (secondary N) is 1. The van der Waals surface area contributed by atoms with Gasteiger partial charge in [0, 0.05) is 11.8 Å². The number of hydrogen-bond donors (Lipinski definition) is 4. The molecule has 0 saturated carbocycles. The molecule has 0 aliphatic heterocycles. The fourth-order valence-electron chi connectivity index (χ4n) is 3.04. The van der Waals surface area contributed by atoms with Gasteiger partial charge in [0.05, 0.1) is 11.4 Å². The molecule has 6 heteroatoms. The molecular formula is C17H16N6. The Balaban J connectivity index is 1.94. The molecule has 7 N–H and O–H groups in total. The third kappa shape index (κ3) is 2.08. The summed E-state index contributed by atoms with van der Waals surface area (Å²) >= 11 is 0. The smallest absolute Gasteiger partial charge is 0.223 e. The molecule has 4 aromatic rings. The normalized spacial score (nSPS) is 12.7. The van der Waals surface area contributed by atoms with E-state index >= 15 is 0 Å². The van der Waals surface area contributed by atoms with Gasteiger partial charge in [-0.15, -0.1) is 0 Å². The molecule has 0 aliphatic carbocycles. The third-order valence-electron chi connectivity index (χ3n) is 4.10. The highest BCUT2D eigenvalue weighted by Gasteiger charge is 2.19. The van der Waals surface area contributed by atoms with E-state index in [1.54, 1.807) is 0 Å². The number of anilines is 2. The fraction of sp³-hybridized carbons (Fsp3) is 0.0588. The predicted octanol–water partition coefficient (Wildman–Crippen LogP) is 2.32. The van der Waals surface area contributed by atoms with Crippen LogP contribution in [0.25, 0.3) is 21.8 Å². The molecule has 2 aromatic carbocycles. The Kier molecular flexibility index (Phi) is 2.92. The van der Waals surface area contributed by atoms with E-state index in [0.29, 0.717) is 11.5 Å². The first kappa shape index (κ1) is 13.5. The monoisotopic (exact) mass is 304 g/mol. The van der Waals surface area contributed by atoms with E-state index in [4.69, 9.17) is 17.2 Å². The number of nitrogens with zero attached hydrogens (tertiary/aromatic N) is 2. The third-order valence-corrected chi connectivity index (χ3v) is 4.10. The number of aromatic nitrogens is 3. The van der Waals surface area contributed by atoms with Crippen LogP contribution >= 0.6 is 0 Å². The van der Waals surface area contributed by atoms with Crippen LogP contribution in [0.2, 0.25) is 0 Å². The van der Waals surface area contributed by atoms with E-state index < -0.39 is 0 Å². The van der Waals surface area contributed by atoms with E-state index in [1.165, 1.54) is 0 Å². The SMILES string of the molecule is Nc1nc(N)c2c(C(N)c3cccc4ccccc34)c[nH]c2n1. The highest BCUT2D eigenvalue weighted by molar-refractivity contribution is 5.92. The summed E-state index contributed by atoms with van der Waals surface area (Å²) in [6, 6.07) is 13.9. The summed E-state index contributed by atoms with van der Waals surface area (Å²) < 4.78 is 0. The molecule has 0 aliphatic rings. The molecule has 0 fully saturated rings. The van der Waals surface area contributed by atoms with Gasteiger partial charge < -0.3 is 22.2 Å². The number of hydrogen-bond acceptors (Lipinski definition) is 5. The second-order valence-corrected chi connectivity index (χ2v) is 5.48. The van der Waals surface area contributed by atoms with Gasteiger partial charge in [-0.1, -0.05) is 42.5 Å². The molecule has 0 saturated heterocycles. The van der Waals surface area contributed by atoms with E-state index in [0.717, 1.165) is 27.3 Å². The summed E-state index contributed by atoms with van der Waals surface area (Å²) in [6.07, 6.45) is 1.82. The van der Waals surface area contributed by atoms with Gasteiger partial charge in [0.2, 0.25) is 5.95 Å². The van der Waals surface area contributed by atoms with Crippen molar-refractivity contribution in [3.63, 3.8) is 0 Å². The van der Waals surface area contributed by atoms with Crippen molar-refractivity contribution in [2.24, 2.45) is 5.73 Å². The van der Waals surface area contributed by atoms with Gasteiger partial charge in [-0.3, -0.25) is 0 Å². The average molecular weight is 304 g/mol. The van der Waals surface area contributed by atoms with Crippen LogP contribution in [0.4, 0.5) is 11.8 Å². The molecule has 114 valence electrons. The minimum Gasteiger partial charge on any atom is -0.383 e. The summed E-state index contributed by atoms with van der Waals surface area (Å²) in [7, 11) is 0. The van der Waals surface area contributed by atoms with Crippen LogP contribution in [-0.4, -0.2) is 15.0 Å². The Morgan fingerprint density at radius 2 is 1.70 bits per heavy atom. The summed E-state index contributed by atoms with van der Waals surface area (Å²) in [5, 5.41) is 2.99. The van der Waals surface area contributed by atoms with Gasteiger partial charge >= 0.3 is 0 Å². The van der Waals surface area contributed by atoms with Gasteiger partial charge in [-0.05, 0) is 16.3 Å². The minimum absolute atomic E-state index is 0.141. The van der Waals surface area contributed by atoms with Crippen LogP contribution < -0.4 is 17.2 Å². The first-order valence-electron chi connectivity index (χ1n) is 7.28. The molecule has 2 heterocycles. The first-order chi connectivity index (χ1) is 11.1. The van der Waals surface area contributed by atoms with Gasteiger partial charge in [0.1, 0.15) is 11.5 Å². The Bertz CT molecular complexity index is 1010. The van der Waals surface area contributed by atoms with E-state index in [9.17, 15) is 0 Å². The largest absolute Gasteiger partial charge is 0.383 e. The number of fused-ring (bicyclic) bond motifs is 2. The summed E-state index contributed by atoms with van der Waals surface area (Å²) in [6.45, 7) is 0. The molecule has 4 rings (SSSR count). The molecule has 2 aromatic heterocycles. The van der Waals surface area contributed by atoms with Crippen molar-refractivity contribution in [1.82, 2.24) is 15.0 Å². The van der Waals surface area contributed by atoms with Crippen molar-refractivity contribution in [3.8, 4) is 0 Å². The number of H-pyrrole nitrogens is 1. The van der Waals surface area contributed by atoms with Crippen LogP contribution in [-0.2, 0) is 0 Å². The number of benzene rings is 2. The maximum absolute atomic E-state index is 6.54. The van der Waals surface area contributed by atoms with Crippen LogP contribution in [0.5, 0.6) is 0 Å². The number of nitrogens with two attached hydrogens (primary N) is 3. The lowest BCUT2D eigenvalue weighted by Gasteiger charge is -2.14. The Labute approximate surface area is 132 Å². The van der Waals surface area contributed by atoms with Crippen molar-refractivity contribution in [1.29, 1.82) is 0 Å². The van der Waals surface area contributed by atoms with Crippen molar-refractivity contribution in [3.05, 3.63) is 59.8 Å². The Morgan fingerprint density at radius 1 is 0.913 bits per heavy atom. The summed E-state index contributed by atoms with van der Waals surface area (Å²) in [5.74, 6) is 0.474. The lowest BCUT2D eigenvalue weighted by Crippen LogP contribution is -2.12. The second kappa shape index (κ2) is 4.96. The van der Waals surface area contributed by atoms with E-state index in [1.807, 2.05) is 30.5 Å². The summed E-state index contributed by atoms with van der Waals surface area (Å²) in [4.78, 5) is 11.3. The highest BCUT2D eigenvalue weighted by atomic mass is 15.1. The molecule has 1 atom stereocenters. The van der Waals surface area contributed by atoms with Gasteiger partial charge in [-0.2, -0.15) is 9.97 Å². The maximum Gasteiger partial charge on any atom is 0.223 e. The van der Waals surface area contributed by atoms with Gasteiger partial charge in [-0.25, -0.2) is 0 Å². The van der Waals surface area contributed by atoms with Gasteiger partial charge in [0.15, 0.2) is 0 Å². The lowest BCUT2D eigenvalue weighted by atomic mass is 9.94. The molecular weight excluding hydrogens is 288 g/mol. The zero-order chi connectivity index (χ0) is 16.0. The first-order valence-corrected chi connectivity index (χ1v) is 7.28. The van der Waals surface area contributed by atoms with Crippen molar-refractivity contribution >= 4 is 33.6 Å². The minimum atomic E-state index is -0.343. The molecule has 6 nitrogen and oxygen atoms in total. The maximum atomic E-state index is 6.54. The molecule has 0 spiro atoms. The van der Waals surface area contributed by atoms with E-state index in [2.05, 4.69) is 33.2 Å². The van der Waals surface area contributed by atoms with Crippen molar-refractivity contribution < 1.29 is 0 Å².